The number of carbonyl (C=O) groups is 6. The summed E-state index contributed by atoms with van der Waals surface area (Å²) >= 11 is 0. The molecule has 0 bridgehead atoms. The molecule has 15 heteroatoms. The Morgan fingerprint density at radius 3 is 2.00 bits per heavy atom. The minimum Gasteiger partial charge on any atom is -0.480 e. The van der Waals surface area contributed by atoms with Crippen LogP contribution in [0.3, 0.4) is 0 Å². The number of carboxylic acid groups (broad SMARTS) is 1. The highest BCUT2D eigenvalue weighted by atomic mass is 16.7. The average Bonchev–Trinajstić information content (AvgIpc) is 3.47. The van der Waals surface area contributed by atoms with E-state index >= 15 is 0 Å². The van der Waals surface area contributed by atoms with Crippen molar-refractivity contribution >= 4 is 46.7 Å². The highest BCUT2D eigenvalue weighted by Crippen LogP contribution is 2.36. The van der Waals surface area contributed by atoms with Gasteiger partial charge in [0.2, 0.25) is 18.3 Å². The van der Waals surface area contributed by atoms with E-state index in [4.69, 9.17) is 37.9 Å². The highest BCUT2D eigenvalue weighted by molar-refractivity contribution is 5.87. The van der Waals surface area contributed by atoms with E-state index in [9.17, 15) is 28.8 Å². The molecule has 15 nitrogen and oxygen atoms in total. The van der Waals surface area contributed by atoms with Crippen molar-refractivity contribution in [1.29, 1.82) is 0 Å². The van der Waals surface area contributed by atoms with E-state index in [0.717, 1.165) is 37.5 Å². The van der Waals surface area contributed by atoms with Gasteiger partial charge in [-0.3, -0.25) is 28.8 Å². The zero-order chi connectivity index (χ0) is 36.4. The first kappa shape index (κ1) is 37.4. The normalized spacial score (nSPS) is 20.0. The third-order valence-electron chi connectivity index (χ3n) is 7.61. The van der Waals surface area contributed by atoms with Gasteiger partial charge in [0.1, 0.15) is 30.6 Å². The Morgan fingerprint density at radius 2 is 1.38 bits per heavy atom. The maximum atomic E-state index is 12.2. The molecule has 1 aromatic heterocycles. The number of rotatable bonds is 15. The van der Waals surface area contributed by atoms with Gasteiger partial charge in [-0.1, -0.05) is 30.3 Å². The van der Waals surface area contributed by atoms with Crippen molar-refractivity contribution < 1.29 is 66.7 Å². The van der Waals surface area contributed by atoms with Crippen LogP contribution in [0.1, 0.15) is 50.8 Å². The number of esters is 4. The van der Waals surface area contributed by atoms with Gasteiger partial charge in [-0.2, -0.15) is 0 Å². The van der Waals surface area contributed by atoms with Gasteiger partial charge in [0.15, 0.2) is 12.2 Å². The summed E-state index contributed by atoms with van der Waals surface area (Å²) in [6.45, 7) is 3.79. The van der Waals surface area contributed by atoms with Crippen LogP contribution in [0.15, 0.2) is 53.1 Å². The van der Waals surface area contributed by atoms with E-state index < -0.39 is 73.7 Å². The molecule has 4 rings (SSSR count). The van der Waals surface area contributed by atoms with Crippen LogP contribution in [0.2, 0.25) is 0 Å². The molecule has 0 spiro atoms. The first-order chi connectivity index (χ1) is 23.8. The molecule has 2 N–H and O–H groups in total. The van der Waals surface area contributed by atoms with Crippen LogP contribution in [-0.2, 0) is 71.7 Å². The van der Waals surface area contributed by atoms with Gasteiger partial charge in [0.05, 0.1) is 11.6 Å². The van der Waals surface area contributed by atoms with Crippen LogP contribution in [0.25, 0.3) is 11.0 Å². The summed E-state index contributed by atoms with van der Waals surface area (Å²) in [7, 11) is 0. The average molecular weight is 698 g/mol. The molecule has 0 unspecified atom stereocenters. The number of furan rings is 1. The minimum absolute atomic E-state index is 0.163. The van der Waals surface area contributed by atoms with Crippen LogP contribution in [0.4, 0.5) is 0 Å². The van der Waals surface area contributed by atoms with Crippen molar-refractivity contribution in [2.75, 3.05) is 13.2 Å². The summed E-state index contributed by atoms with van der Waals surface area (Å²) in [5.74, 6) is -4.04. The molecule has 1 saturated heterocycles. The number of ether oxygens (including phenoxy) is 6. The van der Waals surface area contributed by atoms with E-state index in [1.807, 2.05) is 24.3 Å². The lowest BCUT2D eigenvalue weighted by atomic mass is 9.98. The van der Waals surface area contributed by atoms with Gasteiger partial charge in [0, 0.05) is 39.7 Å². The standard InChI is InChI=1S/C35H39NO14/c1-19(37)44-18-28-32(46-20(2)38)33(47-21(3)39)34(48-22(4)40)35(50-28)49-27-7-5-6-26-31(27)25(17-45-26)14-12-23-8-10-24(11-9-23)13-15-29(41)36-16-30(42)43/h5-11,17,28,32-35H,12-16,18H2,1-4H3,(H,36,41)(H,42,43)/t28-,32-,33+,34-,35-/m1/s1. The molecule has 2 aromatic carbocycles. The van der Waals surface area contributed by atoms with Crippen LogP contribution in [-0.4, -0.2) is 84.7 Å². The monoisotopic (exact) mass is 697 g/mol. The van der Waals surface area contributed by atoms with Crippen LogP contribution < -0.4 is 10.1 Å². The number of carbonyl (C=O) groups excluding carboxylic acids is 5. The zero-order valence-corrected chi connectivity index (χ0v) is 28.0. The van der Waals surface area contributed by atoms with Crippen LogP contribution >= 0.6 is 0 Å². The molecular weight excluding hydrogens is 658 g/mol. The van der Waals surface area contributed by atoms with Crippen molar-refractivity contribution in [3.8, 4) is 5.75 Å². The van der Waals surface area contributed by atoms with Gasteiger partial charge in [-0.15, -0.1) is 0 Å². The molecule has 1 fully saturated rings. The van der Waals surface area contributed by atoms with Crippen LogP contribution in [0, 0.1) is 0 Å². The van der Waals surface area contributed by atoms with Crippen molar-refractivity contribution in [3.05, 3.63) is 65.4 Å². The van der Waals surface area contributed by atoms with Crippen molar-refractivity contribution in [2.24, 2.45) is 0 Å². The summed E-state index contributed by atoms with van der Waals surface area (Å²) in [5, 5.41) is 11.7. The van der Waals surface area contributed by atoms with E-state index in [0.29, 0.717) is 36.0 Å². The number of hydrogen-bond donors (Lipinski definition) is 2. The molecule has 268 valence electrons. The van der Waals surface area contributed by atoms with E-state index in [-0.39, 0.29) is 12.3 Å². The lowest BCUT2D eigenvalue weighted by Gasteiger charge is -2.44. The highest BCUT2D eigenvalue weighted by Gasteiger charge is 2.53. The summed E-state index contributed by atoms with van der Waals surface area (Å²) in [6, 6.07) is 12.8. The second-order valence-corrected chi connectivity index (χ2v) is 11.6. The number of benzene rings is 2. The fraction of sp³-hybridized carbons (Fsp3) is 0.429. The van der Waals surface area contributed by atoms with Gasteiger partial charge < -0.3 is 43.3 Å². The van der Waals surface area contributed by atoms with Gasteiger partial charge in [0.25, 0.3) is 0 Å². The molecule has 0 saturated carbocycles. The molecular formula is C35H39NO14. The van der Waals surface area contributed by atoms with Crippen molar-refractivity contribution in [3.63, 3.8) is 0 Å². The fourth-order valence-electron chi connectivity index (χ4n) is 5.48. The fourth-order valence-corrected chi connectivity index (χ4v) is 5.48. The number of aryl methyl sites for hydroxylation is 3. The summed E-state index contributed by atoms with van der Waals surface area (Å²) in [4.78, 5) is 70.6. The quantitative estimate of drug-likeness (QED) is 0.173. The third-order valence-corrected chi connectivity index (χ3v) is 7.61. The largest absolute Gasteiger partial charge is 0.480 e. The summed E-state index contributed by atoms with van der Waals surface area (Å²) < 4.78 is 39.9. The molecule has 2 heterocycles. The number of aliphatic carboxylic acids is 1. The number of amides is 1. The van der Waals surface area contributed by atoms with E-state index in [1.165, 1.54) is 6.92 Å². The molecule has 1 aliphatic heterocycles. The second kappa shape index (κ2) is 17.3. The molecule has 50 heavy (non-hydrogen) atoms. The zero-order valence-electron chi connectivity index (χ0n) is 28.0. The molecule has 0 radical (unpaired) electrons. The first-order valence-corrected chi connectivity index (χ1v) is 15.8. The summed E-state index contributed by atoms with van der Waals surface area (Å²) in [6.07, 6.45) is -3.32. The molecule has 1 amide bonds. The SMILES string of the molecule is CC(=O)OC[C@H]1O[C@@H](Oc2cccc3occ(CCc4ccc(CCC(=O)NCC(=O)O)cc4)c23)[C@H](OC(C)=O)[C@@H](OC(C)=O)[C@@H]1OC(C)=O. The Balaban J connectivity index is 1.55. The Kier molecular flexibility index (Phi) is 12.9. The number of hydrogen-bond acceptors (Lipinski definition) is 13. The topological polar surface area (TPSA) is 203 Å². The van der Waals surface area contributed by atoms with Gasteiger partial charge >= 0.3 is 29.8 Å². The number of fused-ring (bicyclic) bond motifs is 1. The van der Waals surface area contributed by atoms with E-state index in [2.05, 4.69) is 5.32 Å². The Bertz CT molecular complexity index is 1700. The Morgan fingerprint density at radius 1 is 0.760 bits per heavy atom. The van der Waals surface area contributed by atoms with Gasteiger partial charge in [-0.25, -0.2) is 0 Å². The van der Waals surface area contributed by atoms with E-state index in [1.54, 1.807) is 24.5 Å². The van der Waals surface area contributed by atoms with Crippen molar-refractivity contribution in [2.45, 2.75) is 84.1 Å². The maximum Gasteiger partial charge on any atom is 0.322 e. The molecule has 3 aromatic rings. The first-order valence-electron chi connectivity index (χ1n) is 15.8. The van der Waals surface area contributed by atoms with Gasteiger partial charge in [-0.05, 0) is 42.5 Å². The Hall–Kier alpha value is -5.44. The number of carboxylic acids is 1. The maximum absolute atomic E-state index is 12.2. The predicted octanol–water partition coefficient (Wildman–Crippen LogP) is 2.81. The molecule has 5 atom stereocenters. The minimum atomic E-state index is -1.41. The smallest absolute Gasteiger partial charge is 0.322 e. The second-order valence-electron chi connectivity index (χ2n) is 11.6. The van der Waals surface area contributed by atoms with Crippen LogP contribution in [0.5, 0.6) is 5.75 Å². The molecule has 0 aliphatic carbocycles. The molecule has 1 aliphatic rings. The number of nitrogens with one attached hydrogen (secondary N) is 1. The summed E-state index contributed by atoms with van der Waals surface area (Å²) in [5.41, 5.74) is 3.23. The predicted molar refractivity (Wildman–Crippen MR) is 172 cm³/mol. The lowest BCUT2D eigenvalue weighted by molar-refractivity contribution is -0.288. The lowest BCUT2D eigenvalue weighted by Crippen LogP contribution is -2.63. The Labute approximate surface area is 287 Å². The van der Waals surface area contributed by atoms with Crippen molar-refractivity contribution in [1.82, 2.24) is 5.32 Å². The third kappa shape index (κ3) is 10.5.